The van der Waals surface area contributed by atoms with Crippen molar-refractivity contribution in [3.63, 3.8) is 0 Å². The SMILES string of the molecule is CC[Si](CC)CC.[Cr]. The maximum Gasteiger partial charge on any atom is 0.0470 e. The molecular formula is C6H15CrSi. The van der Waals surface area contributed by atoms with E-state index in [1.54, 1.807) is 0 Å². The molecule has 0 saturated carbocycles. The van der Waals surface area contributed by atoms with Crippen LogP contribution in [0.25, 0.3) is 0 Å². The molecule has 0 aromatic carbocycles. The van der Waals surface area contributed by atoms with Gasteiger partial charge in [0.2, 0.25) is 0 Å². The van der Waals surface area contributed by atoms with Crippen LogP contribution in [-0.4, -0.2) is 8.80 Å². The minimum Gasteiger partial charge on any atom is -0.0680 e. The Morgan fingerprint density at radius 2 is 1.12 bits per heavy atom. The molecular weight excluding hydrogens is 152 g/mol. The zero-order chi connectivity index (χ0) is 5.70. The molecule has 0 unspecified atom stereocenters. The number of rotatable bonds is 3. The van der Waals surface area contributed by atoms with Crippen LogP contribution in [-0.2, 0) is 17.4 Å². The Morgan fingerprint density at radius 1 is 0.875 bits per heavy atom. The summed E-state index contributed by atoms with van der Waals surface area (Å²) in [6, 6.07) is 4.37. The number of hydrogen-bond donors (Lipinski definition) is 0. The van der Waals surface area contributed by atoms with Crippen molar-refractivity contribution >= 4 is 8.80 Å². The van der Waals surface area contributed by atoms with Gasteiger partial charge >= 0.3 is 0 Å². The quantitative estimate of drug-likeness (QED) is 0.567. The fraction of sp³-hybridized carbons (Fsp3) is 1.00. The van der Waals surface area contributed by atoms with Gasteiger partial charge in [-0.1, -0.05) is 38.9 Å². The van der Waals surface area contributed by atoms with E-state index < -0.39 is 0 Å². The molecule has 8 heavy (non-hydrogen) atoms. The molecule has 0 bridgehead atoms. The van der Waals surface area contributed by atoms with E-state index in [9.17, 15) is 0 Å². The molecule has 0 nitrogen and oxygen atoms in total. The van der Waals surface area contributed by atoms with E-state index in [0.29, 0.717) is 0 Å². The molecule has 0 heterocycles. The first kappa shape index (κ1) is 11.5. The van der Waals surface area contributed by atoms with Crippen LogP contribution in [0.1, 0.15) is 20.8 Å². The second-order valence-corrected chi connectivity index (χ2v) is 5.43. The predicted molar refractivity (Wildman–Crippen MR) is 37.2 cm³/mol. The maximum atomic E-state index is 2.31. The summed E-state index contributed by atoms with van der Waals surface area (Å²) in [5, 5.41) is 0. The maximum absolute atomic E-state index is 2.31. The molecule has 0 spiro atoms. The Hall–Kier alpha value is 0.749. The summed E-state index contributed by atoms with van der Waals surface area (Å²) < 4.78 is 0. The Bertz CT molecular complexity index is 30.0. The first-order valence-corrected chi connectivity index (χ1v) is 5.30. The zero-order valence-corrected chi connectivity index (χ0v) is 8.30. The Labute approximate surface area is 65.4 Å². The molecule has 0 amide bonds. The minimum absolute atomic E-state index is 0. The van der Waals surface area contributed by atoms with E-state index in [2.05, 4.69) is 20.8 Å². The van der Waals surface area contributed by atoms with Gasteiger partial charge in [-0.15, -0.1) is 0 Å². The first-order chi connectivity index (χ1) is 3.35. The van der Waals surface area contributed by atoms with Gasteiger partial charge in [0.05, 0.1) is 0 Å². The van der Waals surface area contributed by atoms with Gasteiger partial charge in [-0.25, -0.2) is 0 Å². The summed E-state index contributed by atoms with van der Waals surface area (Å²) in [5.41, 5.74) is 0. The molecule has 0 saturated heterocycles. The summed E-state index contributed by atoms with van der Waals surface area (Å²) in [7, 11) is 0.137. The summed E-state index contributed by atoms with van der Waals surface area (Å²) in [5.74, 6) is 0. The van der Waals surface area contributed by atoms with Crippen LogP contribution in [0, 0.1) is 0 Å². The molecule has 0 fully saturated rings. The van der Waals surface area contributed by atoms with E-state index in [1.165, 1.54) is 18.1 Å². The van der Waals surface area contributed by atoms with Crippen LogP contribution in [0.2, 0.25) is 18.1 Å². The molecule has 0 aliphatic heterocycles. The fourth-order valence-electron chi connectivity index (χ4n) is 0.750. The molecule has 0 N–H and O–H groups in total. The van der Waals surface area contributed by atoms with Gasteiger partial charge in [-0.3, -0.25) is 0 Å². The van der Waals surface area contributed by atoms with Crippen molar-refractivity contribution in [3.05, 3.63) is 0 Å². The molecule has 2 heteroatoms. The predicted octanol–water partition coefficient (Wildman–Crippen LogP) is 2.54. The molecule has 0 aliphatic carbocycles. The van der Waals surface area contributed by atoms with Gasteiger partial charge in [-0.2, -0.15) is 0 Å². The molecule has 0 rings (SSSR count). The van der Waals surface area contributed by atoms with Gasteiger partial charge in [-0.05, 0) is 0 Å². The summed E-state index contributed by atoms with van der Waals surface area (Å²) in [6.45, 7) is 6.92. The van der Waals surface area contributed by atoms with Crippen LogP contribution < -0.4 is 0 Å². The van der Waals surface area contributed by atoms with Crippen LogP contribution in [0.3, 0.4) is 0 Å². The van der Waals surface area contributed by atoms with Crippen molar-refractivity contribution in [2.45, 2.75) is 38.9 Å². The van der Waals surface area contributed by atoms with Crippen LogP contribution in [0.4, 0.5) is 0 Å². The second kappa shape index (κ2) is 7.75. The van der Waals surface area contributed by atoms with E-state index in [1.807, 2.05) is 0 Å². The van der Waals surface area contributed by atoms with Gasteiger partial charge in [0.25, 0.3) is 0 Å². The van der Waals surface area contributed by atoms with Gasteiger partial charge in [0.1, 0.15) is 0 Å². The van der Waals surface area contributed by atoms with E-state index >= 15 is 0 Å². The summed E-state index contributed by atoms with van der Waals surface area (Å²) in [4.78, 5) is 0. The van der Waals surface area contributed by atoms with E-state index in [4.69, 9.17) is 0 Å². The zero-order valence-electron chi connectivity index (χ0n) is 6.03. The Kier molecular flexibility index (Phi) is 11.2. The van der Waals surface area contributed by atoms with E-state index in [-0.39, 0.29) is 26.2 Å². The summed E-state index contributed by atoms with van der Waals surface area (Å²) in [6.07, 6.45) is 0. The summed E-state index contributed by atoms with van der Waals surface area (Å²) >= 11 is 0. The Balaban J connectivity index is 0. The smallest absolute Gasteiger partial charge is 0.0470 e. The molecule has 1 radical (unpaired) electrons. The number of hydrogen-bond acceptors (Lipinski definition) is 0. The largest absolute Gasteiger partial charge is 0.0680 e. The van der Waals surface area contributed by atoms with Crippen molar-refractivity contribution in [3.8, 4) is 0 Å². The van der Waals surface area contributed by atoms with Crippen molar-refractivity contribution in [2.75, 3.05) is 0 Å². The van der Waals surface area contributed by atoms with Crippen molar-refractivity contribution in [1.29, 1.82) is 0 Å². The van der Waals surface area contributed by atoms with Gasteiger partial charge in [0, 0.05) is 26.2 Å². The fourth-order valence-corrected chi connectivity index (χ4v) is 2.25. The monoisotopic (exact) mass is 167 g/mol. The second-order valence-electron chi connectivity index (χ2n) is 1.81. The van der Waals surface area contributed by atoms with Crippen LogP contribution >= 0.6 is 0 Å². The van der Waals surface area contributed by atoms with Gasteiger partial charge in [0.15, 0.2) is 0 Å². The Morgan fingerprint density at radius 3 is 1.12 bits per heavy atom. The molecule has 0 aliphatic rings. The topological polar surface area (TPSA) is 0 Å². The molecule has 0 aromatic rings. The average Bonchev–Trinajstić information content (AvgIpc) is 1.72. The minimum atomic E-state index is 0. The average molecular weight is 167 g/mol. The molecule has 49 valence electrons. The van der Waals surface area contributed by atoms with Crippen LogP contribution in [0.15, 0.2) is 0 Å². The standard InChI is InChI=1S/C6H15Si.Cr/c1-4-7(5-2)6-3;/h4-6H2,1-3H3;. The van der Waals surface area contributed by atoms with Crippen molar-refractivity contribution in [1.82, 2.24) is 0 Å². The molecule has 0 aromatic heterocycles. The third kappa shape index (κ3) is 4.90. The molecule has 0 atom stereocenters. The third-order valence-corrected chi connectivity index (χ3v) is 4.50. The van der Waals surface area contributed by atoms with E-state index in [0.717, 1.165) is 0 Å². The first-order valence-electron chi connectivity index (χ1n) is 3.18. The normalized spacial score (nSPS) is 9.00. The van der Waals surface area contributed by atoms with Gasteiger partial charge < -0.3 is 0 Å². The van der Waals surface area contributed by atoms with Crippen LogP contribution in [0.5, 0.6) is 0 Å². The third-order valence-electron chi connectivity index (χ3n) is 1.50. The van der Waals surface area contributed by atoms with Crippen molar-refractivity contribution < 1.29 is 17.4 Å². The van der Waals surface area contributed by atoms with Crippen molar-refractivity contribution in [2.24, 2.45) is 0 Å².